The molecule has 0 bridgehead atoms. The Kier molecular flexibility index (Phi) is 7.26. The number of fused-ring (bicyclic) bond motifs is 13. The predicted octanol–water partition coefficient (Wildman–Crippen LogP) is 15.1. The average Bonchev–Trinajstić information content (AvgIpc) is 3.86. The minimum atomic E-state index is -0.366. The Morgan fingerprint density at radius 3 is 1.39 bits per heavy atom. The summed E-state index contributed by atoms with van der Waals surface area (Å²) in [5.74, 6) is 0. The van der Waals surface area contributed by atoms with E-state index in [1.54, 1.807) is 0 Å². The lowest BCUT2D eigenvalue weighted by atomic mass is 9.70. The van der Waals surface area contributed by atoms with E-state index in [9.17, 15) is 0 Å². The number of para-hydroxylation sites is 3. The van der Waals surface area contributed by atoms with Crippen LogP contribution >= 0.6 is 0 Å². The molecule has 0 amide bonds. The van der Waals surface area contributed by atoms with E-state index in [0.717, 1.165) is 17.1 Å². The first-order valence-electron chi connectivity index (χ1n) is 20.8. The van der Waals surface area contributed by atoms with E-state index in [4.69, 9.17) is 0 Å². The minimum Gasteiger partial charge on any atom is -0.309 e. The maximum Gasteiger partial charge on any atom is 0.0725 e. The van der Waals surface area contributed by atoms with Gasteiger partial charge in [0.15, 0.2) is 0 Å². The fourth-order valence-corrected chi connectivity index (χ4v) is 11.0. The highest BCUT2D eigenvalue weighted by Crippen LogP contribution is 2.63. The molecule has 1 spiro atoms. The normalized spacial score (nSPS) is 14.2. The summed E-state index contributed by atoms with van der Waals surface area (Å²) in [6.07, 6.45) is 0. The minimum absolute atomic E-state index is 0.0873. The zero-order valence-electron chi connectivity index (χ0n) is 33.2. The number of hydrogen-bond donors (Lipinski definition) is 0. The van der Waals surface area contributed by atoms with E-state index in [1.165, 1.54) is 89.0 Å². The fraction of sp³-hybridized carbons (Fsp3) is 0.0690. The molecule has 0 saturated heterocycles. The molecule has 0 aliphatic heterocycles. The van der Waals surface area contributed by atoms with Crippen LogP contribution in [0.5, 0.6) is 0 Å². The van der Waals surface area contributed by atoms with Crippen molar-refractivity contribution in [1.82, 2.24) is 0 Å². The molecule has 0 saturated carbocycles. The third kappa shape index (κ3) is 4.62. The smallest absolute Gasteiger partial charge is 0.0725 e. The number of hydrogen-bond acceptors (Lipinski definition) is 1. The fourth-order valence-electron chi connectivity index (χ4n) is 11.0. The van der Waals surface area contributed by atoms with Gasteiger partial charge in [0.05, 0.1) is 16.8 Å². The van der Waals surface area contributed by atoms with Crippen LogP contribution < -0.4 is 4.90 Å². The van der Waals surface area contributed by atoms with Crippen molar-refractivity contribution in [2.24, 2.45) is 0 Å². The van der Waals surface area contributed by atoms with Gasteiger partial charge in [0, 0.05) is 22.2 Å². The van der Waals surface area contributed by atoms with Crippen LogP contribution in [0.3, 0.4) is 0 Å². The van der Waals surface area contributed by atoms with Crippen molar-refractivity contribution in [2.75, 3.05) is 4.90 Å². The molecular formula is C58H41N. The summed E-state index contributed by atoms with van der Waals surface area (Å²) in [5.41, 5.74) is 23.9. The highest BCUT2D eigenvalue weighted by molar-refractivity contribution is 6.01. The lowest BCUT2D eigenvalue weighted by molar-refractivity contribution is 0.660. The lowest BCUT2D eigenvalue weighted by Crippen LogP contribution is -2.25. The van der Waals surface area contributed by atoms with Crippen LogP contribution in [-0.4, -0.2) is 0 Å². The molecule has 12 rings (SSSR count). The van der Waals surface area contributed by atoms with Crippen molar-refractivity contribution in [3.05, 3.63) is 246 Å². The molecule has 0 N–H and O–H groups in total. The second-order valence-electron chi connectivity index (χ2n) is 16.8. The Balaban J connectivity index is 1.07. The molecule has 1 nitrogen and oxygen atoms in total. The SMILES string of the molecule is CC1(C)c2ccccc2-c2c(-c3ccccc3N(c3ccccc3)c3ccccc3-c3ccc4c(c3)-c3ccccc3C43c4ccccc4-c4ccccc43)cccc21. The molecule has 1 heteroatoms. The van der Waals surface area contributed by atoms with E-state index in [-0.39, 0.29) is 10.8 Å². The first kappa shape index (κ1) is 33.9. The third-order valence-electron chi connectivity index (χ3n) is 13.5. The molecule has 0 aromatic heterocycles. The van der Waals surface area contributed by atoms with Crippen molar-refractivity contribution < 1.29 is 0 Å². The summed E-state index contributed by atoms with van der Waals surface area (Å²) in [4.78, 5) is 2.47. The zero-order chi connectivity index (χ0) is 39.3. The van der Waals surface area contributed by atoms with Gasteiger partial charge in [-0.05, 0) is 108 Å². The molecule has 0 radical (unpaired) electrons. The van der Waals surface area contributed by atoms with Crippen molar-refractivity contribution in [2.45, 2.75) is 24.7 Å². The molecular weight excluding hydrogens is 711 g/mol. The van der Waals surface area contributed by atoms with Gasteiger partial charge in [-0.1, -0.05) is 196 Å². The molecule has 3 aliphatic carbocycles. The maximum atomic E-state index is 2.47. The van der Waals surface area contributed by atoms with Crippen LogP contribution in [0.4, 0.5) is 17.1 Å². The topological polar surface area (TPSA) is 3.24 Å². The van der Waals surface area contributed by atoms with Gasteiger partial charge in [-0.15, -0.1) is 0 Å². The Morgan fingerprint density at radius 1 is 0.305 bits per heavy atom. The molecule has 0 fully saturated rings. The molecule has 9 aromatic rings. The van der Waals surface area contributed by atoms with Crippen LogP contribution in [0.25, 0.3) is 55.6 Å². The van der Waals surface area contributed by atoms with Gasteiger partial charge in [0.2, 0.25) is 0 Å². The van der Waals surface area contributed by atoms with Crippen LogP contribution in [0.1, 0.15) is 47.2 Å². The molecule has 59 heavy (non-hydrogen) atoms. The van der Waals surface area contributed by atoms with Gasteiger partial charge in [-0.2, -0.15) is 0 Å². The zero-order valence-corrected chi connectivity index (χ0v) is 33.2. The van der Waals surface area contributed by atoms with Gasteiger partial charge in [0.25, 0.3) is 0 Å². The van der Waals surface area contributed by atoms with Crippen LogP contribution in [0.15, 0.2) is 212 Å². The van der Waals surface area contributed by atoms with Crippen molar-refractivity contribution in [1.29, 1.82) is 0 Å². The Bertz CT molecular complexity index is 3100. The molecule has 0 unspecified atom stereocenters. The van der Waals surface area contributed by atoms with Crippen LogP contribution in [-0.2, 0) is 10.8 Å². The number of rotatable bonds is 5. The molecule has 0 heterocycles. The predicted molar refractivity (Wildman–Crippen MR) is 246 cm³/mol. The van der Waals surface area contributed by atoms with Crippen LogP contribution in [0.2, 0.25) is 0 Å². The summed E-state index contributed by atoms with van der Waals surface area (Å²) in [6, 6.07) is 79.1. The van der Waals surface area contributed by atoms with Gasteiger partial charge in [-0.3, -0.25) is 0 Å². The number of nitrogens with zero attached hydrogens (tertiary/aromatic N) is 1. The number of benzene rings is 9. The molecule has 3 aliphatic rings. The second kappa shape index (κ2) is 12.6. The summed E-state index contributed by atoms with van der Waals surface area (Å²) in [6.45, 7) is 4.72. The summed E-state index contributed by atoms with van der Waals surface area (Å²) in [7, 11) is 0. The maximum absolute atomic E-state index is 2.47. The van der Waals surface area contributed by atoms with Crippen LogP contribution in [0, 0.1) is 0 Å². The highest BCUT2D eigenvalue weighted by Gasteiger charge is 2.51. The first-order valence-corrected chi connectivity index (χ1v) is 20.8. The molecule has 278 valence electrons. The largest absolute Gasteiger partial charge is 0.309 e. The molecule has 9 aromatic carbocycles. The molecule has 0 atom stereocenters. The highest BCUT2D eigenvalue weighted by atomic mass is 15.1. The van der Waals surface area contributed by atoms with Gasteiger partial charge < -0.3 is 4.90 Å². The van der Waals surface area contributed by atoms with Crippen molar-refractivity contribution in [3.63, 3.8) is 0 Å². The van der Waals surface area contributed by atoms with E-state index in [2.05, 4.69) is 231 Å². The standard InChI is InChI=1S/C58H41N/c1-57(2)48-28-12-9-26-46(48)56-45(27-18-32-53(56)57)44-25-11-17-34-55(44)59(39-19-4-3-5-20-39)54-33-16-10-21-40(54)38-35-36-52-47(37-38)43-24-8-15-31-51(43)58(52)49-29-13-6-22-41(49)42-23-7-14-30-50(42)58/h3-37H,1-2H3. The second-order valence-corrected chi connectivity index (χ2v) is 16.8. The van der Waals surface area contributed by atoms with Gasteiger partial charge in [-0.25, -0.2) is 0 Å². The summed E-state index contributed by atoms with van der Waals surface area (Å²) in [5, 5.41) is 0. The first-order chi connectivity index (χ1) is 29.1. The monoisotopic (exact) mass is 751 g/mol. The lowest BCUT2D eigenvalue weighted by Gasteiger charge is -2.31. The summed E-state index contributed by atoms with van der Waals surface area (Å²) < 4.78 is 0. The van der Waals surface area contributed by atoms with Crippen molar-refractivity contribution >= 4 is 17.1 Å². The van der Waals surface area contributed by atoms with Gasteiger partial charge in [0.1, 0.15) is 0 Å². The van der Waals surface area contributed by atoms with E-state index in [1.807, 2.05) is 0 Å². The number of anilines is 3. The van der Waals surface area contributed by atoms with E-state index >= 15 is 0 Å². The average molecular weight is 752 g/mol. The van der Waals surface area contributed by atoms with E-state index in [0.29, 0.717) is 0 Å². The summed E-state index contributed by atoms with van der Waals surface area (Å²) >= 11 is 0. The van der Waals surface area contributed by atoms with Crippen molar-refractivity contribution in [3.8, 4) is 55.6 Å². The quantitative estimate of drug-likeness (QED) is 0.169. The Labute approximate surface area is 346 Å². The Hall–Kier alpha value is -7.22. The van der Waals surface area contributed by atoms with E-state index < -0.39 is 0 Å². The third-order valence-corrected chi connectivity index (χ3v) is 13.5. The van der Waals surface area contributed by atoms with Gasteiger partial charge >= 0.3 is 0 Å². The Morgan fingerprint density at radius 2 is 0.746 bits per heavy atom.